The molecule has 1 amide bonds. The molecule has 0 heterocycles. The van der Waals surface area contributed by atoms with Gasteiger partial charge in [0.25, 0.3) is 0 Å². The number of aliphatic hydroxyl groups is 2. The third kappa shape index (κ3) is 2.96. The lowest BCUT2D eigenvalue weighted by atomic mass is 10.1. The van der Waals surface area contributed by atoms with E-state index in [0.717, 1.165) is 6.42 Å². The molecule has 0 spiro atoms. The Bertz CT molecular complexity index is 196. The molecule has 0 aromatic rings. The van der Waals surface area contributed by atoms with Gasteiger partial charge >= 0.3 is 0 Å². The van der Waals surface area contributed by atoms with Gasteiger partial charge in [-0.3, -0.25) is 4.79 Å². The van der Waals surface area contributed by atoms with E-state index in [1.807, 2.05) is 6.92 Å². The summed E-state index contributed by atoms with van der Waals surface area (Å²) in [7, 11) is 0. The Hall–Kier alpha value is -0.610. The maximum Gasteiger partial charge on any atom is 0.220 e. The minimum Gasteiger partial charge on any atom is -0.396 e. The molecule has 1 fully saturated rings. The van der Waals surface area contributed by atoms with Gasteiger partial charge in [-0.1, -0.05) is 6.92 Å². The van der Waals surface area contributed by atoms with Gasteiger partial charge in [-0.2, -0.15) is 0 Å². The third-order valence-corrected chi connectivity index (χ3v) is 2.73. The van der Waals surface area contributed by atoms with Crippen LogP contribution in [-0.4, -0.2) is 34.9 Å². The Labute approximate surface area is 84.3 Å². The molecule has 0 aromatic carbocycles. The van der Waals surface area contributed by atoms with Crippen LogP contribution in [0.4, 0.5) is 0 Å². The number of amides is 1. The number of rotatable bonds is 4. The molecule has 0 bridgehead atoms. The molecule has 0 aromatic heterocycles. The Balaban J connectivity index is 2.31. The predicted molar refractivity (Wildman–Crippen MR) is 52.7 cm³/mol. The van der Waals surface area contributed by atoms with Crippen molar-refractivity contribution in [2.45, 2.75) is 44.8 Å². The molecule has 1 aliphatic carbocycles. The highest BCUT2D eigenvalue weighted by atomic mass is 16.3. The topological polar surface area (TPSA) is 69.6 Å². The predicted octanol–water partition coefficient (Wildman–Crippen LogP) is 0.0345. The average Bonchev–Trinajstić information content (AvgIpc) is 2.46. The van der Waals surface area contributed by atoms with E-state index >= 15 is 0 Å². The van der Waals surface area contributed by atoms with Crippen molar-refractivity contribution in [3.63, 3.8) is 0 Å². The van der Waals surface area contributed by atoms with Gasteiger partial charge in [-0.15, -0.1) is 0 Å². The van der Waals surface area contributed by atoms with Crippen LogP contribution in [0.15, 0.2) is 0 Å². The first kappa shape index (κ1) is 11.5. The summed E-state index contributed by atoms with van der Waals surface area (Å²) in [6.45, 7) is 1.96. The van der Waals surface area contributed by atoms with Crippen LogP contribution in [0.25, 0.3) is 0 Å². The second kappa shape index (κ2) is 5.32. The Kier molecular flexibility index (Phi) is 4.35. The first-order valence-electron chi connectivity index (χ1n) is 5.25. The van der Waals surface area contributed by atoms with E-state index in [1.54, 1.807) is 0 Å². The van der Waals surface area contributed by atoms with E-state index in [4.69, 9.17) is 5.11 Å². The molecule has 4 heteroatoms. The van der Waals surface area contributed by atoms with Crippen LogP contribution in [0.2, 0.25) is 0 Å². The van der Waals surface area contributed by atoms with Gasteiger partial charge in [0.2, 0.25) is 5.91 Å². The van der Waals surface area contributed by atoms with Crippen molar-refractivity contribution in [1.29, 1.82) is 0 Å². The van der Waals surface area contributed by atoms with E-state index in [0.29, 0.717) is 19.3 Å². The molecule has 1 aliphatic rings. The van der Waals surface area contributed by atoms with E-state index in [9.17, 15) is 9.90 Å². The lowest BCUT2D eigenvalue weighted by molar-refractivity contribution is -0.121. The maximum absolute atomic E-state index is 11.2. The molecule has 1 rings (SSSR count). The van der Waals surface area contributed by atoms with Crippen LogP contribution in [0.5, 0.6) is 0 Å². The molecule has 3 atom stereocenters. The zero-order valence-corrected chi connectivity index (χ0v) is 8.57. The normalized spacial score (nSPS) is 31.8. The van der Waals surface area contributed by atoms with Gasteiger partial charge in [-0.05, 0) is 19.3 Å². The number of nitrogens with one attached hydrogen (secondary N) is 1. The van der Waals surface area contributed by atoms with Gasteiger partial charge in [0.1, 0.15) is 0 Å². The van der Waals surface area contributed by atoms with Crippen molar-refractivity contribution in [1.82, 2.24) is 5.32 Å². The van der Waals surface area contributed by atoms with Crippen molar-refractivity contribution < 1.29 is 15.0 Å². The van der Waals surface area contributed by atoms with Crippen molar-refractivity contribution in [2.75, 3.05) is 6.61 Å². The standard InChI is InChI=1S/C10H19NO3/c1-2-3-10(14)11-8-4-7(6-12)9(13)5-8/h7-9,12-13H,2-6H2,1H3,(H,11,14)/t7-,8+,9+/m1/s1. The fraction of sp³-hybridized carbons (Fsp3) is 0.900. The highest BCUT2D eigenvalue weighted by Gasteiger charge is 2.32. The first-order valence-corrected chi connectivity index (χ1v) is 5.25. The summed E-state index contributed by atoms with van der Waals surface area (Å²) in [4.78, 5) is 11.2. The van der Waals surface area contributed by atoms with Crippen molar-refractivity contribution in [2.24, 2.45) is 5.92 Å². The van der Waals surface area contributed by atoms with Crippen LogP contribution in [0.1, 0.15) is 32.6 Å². The summed E-state index contributed by atoms with van der Waals surface area (Å²) in [5.41, 5.74) is 0. The van der Waals surface area contributed by atoms with E-state index < -0.39 is 6.10 Å². The van der Waals surface area contributed by atoms with Crippen LogP contribution in [-0.2, 0) is 4.79 Å². The maximum atomic E-state index is 11.2. The Morgan fingerprint density at radius 2 is 2.21 bits per heavy atom. The lowest BCUT2D eigenvalue weighted by Crippen LogP contribution is -2.33. The summed E-state index contributed by atoms with van der Waals surface area (Å²) >= 11 is 0. The number of hydrogen-bond donors (Lipinski definition) is 3. The number of hydrogen-bond acceptors (Lipinski definition) is 3. The number of carbonyl (C=O) groups is 1. The number of carbonyl (C=O) groups excluding carboxylic acids is 1. The van der Waals surface area contributed by atoms with Crippen molar-refractivity contribution in [3.8, 4) is 0 Å². The Morgan fingerprint density at radius 1 is 1.50 bits per heavy atom. The largest absolute Gasteiger partial charge is 0.396 e. The van der Waals surface area contributed by atoms with Crippen molar-refractivity contribution >= 4 is 5.91 Å². The molecule has 0 unspecified atom stereocenters. The van der Waals surface area contributed by atoms with E-state index in [2.05, 4.69) is 5.32 Å². The zero-order chi connectivity index (χ0) is 10.6. The first-order chi connectivity index (χ1) is 6.67. The second-order valence-corrected chi connectivity index (χ2v) is 4.00. The molecule has 1 saturated carbocycles. The fourth-order valence-electron chi connectivity index (χ4n) is 1.94. The average molecular weight is 201 g/mol. The quantitative estimate of drug-likeness (QED) is 0.601. The highest BCUT2D eigenvalue weighted by Crippen LogP contribution is 2.25. The summed E-state index contributed by atoms with van der Waals surface area (Å²) in [5.74, 6) is -0.0229. The van der Waals surface area contributed by atoms with Gasteiger partial charge in [0.15, 0.2) is 0 Å². The molecule has 3 N–H and O–H groups in total. The monoisotopic (exact) mass is 201 g/mol. The van der Waals surface area contributed by atoms with Gasteiger partial charge < -0.3 is 15.5 Å². The second-order valence-electron chi connectivity index (χ2n) is 4.00. The lowest BCUT2D eigenvalue weighted by Gasteiger charge is -2.11. The van der Waals surface area contributed by atoms with E-state index in [-0.39, 0.29) is 24.5 Å². The van der Waals surface area contributed by atoms with Crippen LogP contribution < -0.4 is 5.32 Å². The minimum absolute atomic E-state index is 0.00130. The minimum atomic E-state index is -0.466. The van der Waals surface area contributed by atoms with Gasteiger partial charge in [-0.25, -0.2) is 0 Å². The summed E-state index contributed by atoms with van der Waals surface area (Å²) < 4.78 is 0. The fourth-order valence-corrected chi connectivity index (χ4v) is 1.94. The number of aliphatic hydroxyl groups excluding tert-OH is 2. The van der Waals surface area contributed by atoms with E-state index in [1.165, 1.54) is 0 Å². The summed E-state index contributed by atoms with van der Waals surface area (Å²) in [6.07, 6.45) is 2.17. The van der Waals surface area contributed by atoms with Gasteiger partial charge in [0.05, 0.1) is 6.10 Å². The highest BCUT2D eigenvalue weighted by molar-refractivity contribution is 5.76. The van der Waals surface area contributed by atoms with Crippen LogP contribution in [0.3, 0.4) is 0 Å². The molecule has 82 valence electrons. The molecule has 0 aliphatic heterocycles. The van der Waals surface area contributed by atoms with Crippen molar-refractivity contribution in [3.05, 3.63) is 0 Å². The summed E-state index contributed by atoms with van der Waals surface area (Å²) in [5, 5.41) is 21.3. The molecule has 14 heavy (non-hydrogen) atoms. The smallest absolute Gasteiger partial charge is 0.220 e. The molecule has 0 saturated heterocycles. The summed E-state index contributed by atoms with van der Waals surface area (Å²) in [6, 6.07) is 0.0428. The van der Waals surface area contributed by atoms with Gasteiger partial charge in [0, 0.05) is 25.0 Å². The Morgan fingerprint density at radius 3 is 2.71 bits per heavy atom. The molecule has 4 nitrogen and oxygen atoms in total. The van der Waals surface area contributed by atoms with Crippen LogP contribution >= 0.6 is 0 Å². The molecular formula is C10H19NO3. The van der Waals surface area contributed by atoms with Crippen LogP contribution in [0, 0.1) is 5.92 Å². The third-order valence-electron chi connectivity index (χ3n) is 2.73. The zero-order valence-electron chi connectivity index (χ0n) is 8.57. The SMILES string of the molecule is CCCC(=O)N[C@H]1C[C@H](CO)[C@@H](O)C1. The molecular weight excluding hydrogens is 182 g/mol. The molecule has 0 radical (unpaired) electrons.